The molecule has 2 amide bonds. The van der Waals surface area contributed by atoms with E-state index in [4.69, 9.17) is 0 Å². The molecule has 0 N–H and O–H groups in total. The minimum absolute atomic E-state index is 0.0181. The van der Waals surface area contributed by atoms with Crippen LogP contribution in [-0.4, -0.2) is 65.9 Å². The monoisotopic (exact) mass is 484 g/mol. The van der Waals surface area contributed by atoms with Crippen LogP contribution in [-0.2, 0) is 16.0 Å². The number of anilines is 1. The summed E-state index contributed by atoms with van der Waals surface area (Å²) in [6.07, 6.45) is 6.95. The summed E-state index contributed by atoms with van der Waals surface area (Å²) in [4.78, 5) is 35.9. The molecule has 0 radical (unpaired) electrons. The van der Waals surface area contributed by atoms with Crippen LogP contribution in [0.2, 0.25) is 0 Å². The molecule has 4 rings (SSSR count). The van der Waals surface area contributed by atoms with Crippen molar-refractivity contribution in [2.24, 2.45) is 5.92 Å². The lowest BCUT2D eigenvalue weighted by atomic mass is 10.00. The fourth-order valence-electron chi connectivity index (χ4n) is 4.61. The standard InChI is InChI=1S/C24H29BrN4O2/c1-27(20-9-14-28(15-10-20)13-8-18-6-11-26-12-7-18)24(31)19-16-23(30)29(17-19)22-5-3-2-4-21(22)25/h2-7,11-12,19-20H,8-10,13-17H2,1H3/t19-/m0/s1. The second-order valence-electron chi connectivity index (χ2n) is 8.48. The maximum absolute atomic E-state index is 13.2. The van der Waals surface area contributed by atoms with Gasteiger partial charge in [0, 0.05) is 62.6 Å². The molecular weight excluding hydrogens is 456 g/mol. The highest BCUT2D eigenvalue weighted by molar-refractivity contribution is 9.10. The molecule has 1 atom stereocenters. The third-order valence-electron chi connectivity index (χ3n) is 6.54. The molecule has 7 heteroatoms. The smallest absolute Gasteiger partial charge is 0.228 e. The van der Waals surface area contributed by atoms with Gasteiger partial charge in [-0.15, -0.1) is 0 Å². The predicted octanol–water partition coefficient (Wildman–Crippen LogP) is 3.36. The summed E-state index contributed by atoms with van der Waals surface area (Å²) in [5.41, 5.74) is 2.15. The van der Waals surface area contributed by atoms with Crippen LogP contribution in [0, 0.1) is 5.92 Å². The zero-order chi connectivity index (χ0) is 21.8. The lowest BCUT2D eigenvalue weighted by Gasteiger charge is -2.37. The minimum Gasteiger partial charge on any atom is -0.342 e. The summed E-state index contributed by atoms with van der Waals surface area (Å²) in [6, 6.07) is 12.1. The largest absolute Gasteiger partial charge is 0.342 e. The summed E-state index contributed by atoms with van der Waals surface area (Å²) in [7, 11) is 1.91. The Labute approximate surface area is 192 Å². The first-order valence-electron chi connectivity index (χ1n) is 11.0. The van der Waals surface area contributed by atoms with Gasteiger partial charge in [0.15, 0.2) is 0 Å². The molecule has 1 aromatic heterocycles. The average Bonchev–Trinajstić information content (AvgIpc) is 3.19. The zero-order valence-electron chi connectivity index (χ0n) is 17.9. The van der Waals surface area contributed by atoms with Crippen molar-refractivity contribution in [1.82, 2.24) is 14.8 Å². The fourth-order valence-corrected chi connectivity index (χ4v) is 5.11. The van der Waals surface area contributed by atoms with E-state index in [0.717, 1.165) is 49.1 Å². The Morgan fingerprint density at radius 3 is 2.58 bits per heavy atom. The molecular formula is C24H29BrN4O2. The Morgan fingerprint density at radius 1 is 1.16 bits per heavy atom. The number of nitrogens with zero attached hydrogens (tertiary/aromatic N) is 4. The summed E-state index contributed by atoms with van der Waals surface area (Å²) in [6.45, 7) is 3.49. The van der Waals surface area contributed by atoms with E-state index in [2.05, 4.69) is 37.9 Å². The molecule has 2 saturated heterocycles. The number of hydrogen-bond donors (Lipinski definition) is 0. The zero-order valence-corrected chi connectivity index (χ0v) is 19.5. The highest BCUT2D eigenvalue weighted by atomic mass is 79.9. The fraction of sp³-hybridized carbons (Fsp3) is 0.458. The molecule has 2 aliphatic heterocycles. The number of likely N-dealkylation sites (tertiary alicyclic amines) is 1. The van der Waals surface area contributed by atoms with Gasteiger partial charge >= 0.3 is 0 Å². The van der Waals surface area contributed by atoms with Gasteiger partial charge in [-0.05, 0) is 65.0 Å². The van der Waals surface area contributed by atoms with Crippen molar-refractivity contribution in [2.75, 3.05) is 38.1 Å². The predicted molar refractivity (Wildman–Crippen MR) is 125 cm³/mol. The summed E-state index contributed by atoms with van der Waals surface area (Å²) in [5, 5.41) is 0. The molecule has 2 aromatic rings. The van der Waals surface area contributed by atoms with Crippen molar-refractivity contribution in [2.45, 2.75) is 31.7 Å². The number of rotatable bonds is 6. The van der Waals surface area contributed by atoms with Gasteiger partial charge in [0.05, 0.1) is 11.6 Å². The Bertz CT molecular complexity index is 915. The number of carbonyl (C=O) groups is 2. The van der Waals surface area contributed by atoms with Crippen LogP contribution in [0.15, 0.2) is 53.3 Å². The summed E-state index contributed by atoms with van der Waals surface area (Å²) < 4.78 is 0.879. The molecule has 2 aliphatic rings. The van der Waals surface area contributed by atoms with E-state index in [1.807, 2.05) is 48.6 Å². The minimum atomic E-state index is -0.269. The molecule has 164 valence electrons. The first-order valence-corrected chi connectivity index (χ1v) is 11.7. The van der Waals surface area contributed by atoms with E-state index in [-0.39, 0.29) is 30.2 Å². The molecule has 0 unspecified atom stereocenters. The average molecular weight is 485 g/mol. The van der Waals surface area contributed by atoms with E-state index in [1.165, 1.54) is 5.56 Å². The van der Waals surface area contributed by atoms with Gasteiger partial charge in [0.2, 0.25) is 11.8 Å². The van der Waals surface area contributed by atoms with Crippen molar-refractivity contribution in [3.8, 4) is 0 Å². The van der Waals surface area contributed by atoms with Crippen molar-refractivity contribution in [3.05, 3.63) is 58.8 Å². The summed E-state index contributed by atoms with van der Waals surface area (Å²) >= 11 is 3.52. The van der Waals surface area contributed by atoms with Crippen LogP contribution in [0.4, 0.5) is 5.69 Å². The Hall–Kier alpha value is -2.25. The van der Waals surface area contributed by atoms with Crippen LogP contribution in [0.5, 0.6) is 0 Å². The summed E-state index contributed by atoms with van der Waals surface area (Å²) in [5.74, 6) is -0.156. The van der Waals surface area contributed by atoms with Crippen molar-refractivity contribution >= 4 is 33.4 Å². The number of pyridine rings is 1. The normalized spacial score (nSPS) is 20.3. The van der Waals surface area contributed by atoms with Gasteiger partial charge in [-0.25, -0.2) is 0 Å². The highest BCUT2D eigenvalue weighted by Gasteiger charge is 2.38. The van der Waals surface area contributed by atoms with E-state index >= 15 is 0 Å². The molecule has 31 heavy (non-hydrogen) atoms. The molecule has 0 aliphatic carbocycles. The van der Waals surface area contributed by atoms with Crippen molar-refractivity contribution < 1.29 is 9.59 Å². The maximum Gasteiger partial charge on any atom is 0.228 e. The molecule has 1 aromatic carbocycles. The molecule has 6 nitrogen and oxygen atoms in total. The SMILES string of the molecule is CN(C(=O)[C@H]1CC(=O)N(c2ccccc2Br)C1)C1CCN(CCc2ccncc2)CC1. The first kappa shape index (κ1) is 22.0. The van der Waals surface area contributed by atoms with Crippen LogP contribution in [0.1, 0.15) is 24.8 Å². The first-order chi connectivity index (χ1) is 15.0. The van der Waals surface area contributed by atoms with E-state index in [9.17, 15) is 9.59 Å². The number of aromatic nitrogens is 1. The van der Waals surface area contributed by atoms with Gasteiger partial charge in [0.1, 0.15) is 0 Å². The topological polar surface area (TPSA) is 56.8 Å². The van der Waals surface area contributed by atoms with Crippen LogP contribution >= 0.6 is 15.9 Å². The second kappa shape index (κ2) is 9.92. The Morgan fingerprint density at radius 2 is 1.87 bits per heavy atom. The maximum atomic E-state index is 13.2. The van der Waals surface area contributed by atoms with E-state index in [0.29, 0.717) is 6.54 Å². The number of halogens is 1. The molecule has 2 fully saturated rings. The number of amides is 2. The Kier molecular flexibility index (Phi) is 7.02. The van der Waals surface area contributed by atoms with Crippen LogP contribution < -0.4 is 4.90 Å². The number of carbonyl (C=O) groups excluding carboxylic acids is 2. The van der Waals surface area contributed by atoms with E-state index < -0.39 is 0 Å². The van der Waals surface area contributed by atoms with Gasteiger partial charge in [0.25, 0.3) is 0 Å². The molecule has 0 saturated carbocycles. The van der Waals surface area contributed by atoms with Gasteiger partial charge < -0.3 is 14.7 Å². The van der Waals surface area contributed by atoms with Crippen LogP contribution in [0.25, 0.3) is 0 Å². The van der Waals surface area contributed by atoms with Crippen molar-refractivity contribution in [3.63, 3.8) is 0 Å². The molecule has 0 bridgehead atoms. The van der Waals surface area contributed by atoms with Gasteiger partial charge in [-0.3, -0.25) is 14.6 Å². The van der Waals surface area contributed by atoms with Crippen molar-refractivity contribution in [1.29, 1.82) is 0 Å². The van der Waals surface area contributed by atoms with Gasteiger partial charge in [-0.1, -0.05) is 12.1 Å². The van der Waals surface area contributed by atoms with E-state index in [1.54, 1.807) is 4.90 Å². The quantitative estimate of drug-likeness (QED) is 0.630. The third kappa shape index (κ3) is 5.15. The molecule has 0 spiro atoms. The Balaban J connectivity index is 1.28. The highest BCUT2D eigenvalue weighted by Crippen LogP contribution is 2.32. The number of piperidine rings is 1. The lowest BCUT2D eigenvalue weighted by molar-refractivity contribution is -0.137. The molecule has 3 heterocycles. The number of para-hydroxylation sites is 1. The van der Waals surface area contributed by atoms with Crippen LogP contribution in [0.3, 0.4) is 0 Å². The number of hydrogen-bond acceptors (Lipinski definition) is 4. The van der Waals surface area contributed by atoms with Gasteiger partial charge in [-0.2, -0.15) is 0 Å². The second-order valence-corrected chi connectivity index (χ2v) is 9.34. The number of benzene rings is 1. The third-order valence-corrected chi connectivity index (χ3v) is 7.21. The lowest BCUT2D eigenvalue weighted by Crippen LogP contribution is -2.48.